The average Bonchev–Trinajstić information content (AvgIpc) is 3.02. The van der Waals surface area contributed by atoms with Crippen molar-refractivity contribution in [1.82, 2.24) is 0 Å². The van der Waals surface area contributed by atoms with E-state index in [1.165, 1.54) is 0 Å². The van der Waals surface area contributed by atoms with E-state index >= 15 is 0 Å². The number of hydrogen-bond donors (Lipinski definition) is 0. The van der Waals surface area contributed by atoms with Gasteiger partial charge in [-0.05, 0) is 24.6 Å². The van der Waals surface area contributed by atoms with Gasteiger partial charge < -0.3 is 4.74 Å². The molecule has 4 nitrogen and oxygen atoms in total. The van der Waals surface area contributed by atoms with Crippen LogP contribution in [0.25, 0.3) is 0 Å². The third kappa shape index (κ3) is 2.86. The van der Waals surface area contributed by atoms with E-state index in [2.05, 4.69) is 5.10 Å². The van der Waals surface area contributed by atoms with Crippen LogP contribution in [0.3, 0.4) is 0 Å². The van der Waals surface area contributed by atoms with Crippen molar-refractivity contribution in [3.63, 3.8) is 0 Å². The van der Waals surface area contributed by atoms with Crippen LogP contribution >= 0.6 is 0 Å². The predicted molar refractivity (Wildman–Crippen MR) is 87.0 cm³/mol. The Labute approximate surface area is 130 Å². The molecule has 1 atom stereocenters. The zero-order valence-corrected chi connectivity index (χ0v) is 12.5. The van der Waals surface area contributed by atoms with E-state index in [0.29, 0.717) is 18.9 Å². The first-order valence-electron chi connectivity index (χ1n) is 7.42. The van der Waals surface area contributed by atoms with Crippen molar-refractivity contribution >= 4 is 17.4 Å². The highest BCUT2D eigenvalue weighted by Crippen LogP contribution is 2.29. The molecular formula is C18H18N2O2. The summed E-state index contributed by atoms with van der Waals surface area (Å²) in [4.78, 5) is 12.2. The van der Waals surface area contributed by atoms with Crippen LogP contribution in [0.2, 0.25) is 0 Å². The Bertz CT molecular complexity index is 668. The maximum Gasteiger partial charge on any atom is 0.355 e. The van der Waals surface area contributed by atoms with Gasteiger partial charge in [-0.2, -0.15) is 5.10 Å². The molecule has 0 aliphatic carbocycles. The van der Waals surface area contributed by atoms with Gasteiger partial charge >= 0.3 is 5.97 Å². The molecule has 1 aliphatic heterocycles. The summed E-state index contributed by atoms with van der Waals surface area (Å²) < 4.78 is 5.17. The number of hydrazone groups is 1. The molecule has 4 heteroatoms. The lowest BCUT2D eigenvalue weighted by molar-refractivity contribution is -0.135. The number of benzene rings is 2. The highest BCUT2D eigenvalue weighted by molar-refractivity contribution is 6.39. The van der Waals surface area contributed by atoms with Crippen molar-refractivity contribution in [3.05, 3.63) is 66.2 Å². The first kappa shape index (κ1) is 14.3. The van der Waals surface area contributed by atoms with Gasteiger partial charge in [-0.1, -0.05) is 48.5 Å². The largest absolute Gasteiger partial charge is 0.461 e. The third-order valence-corrected chi connectivity index (χ3v) is 3.65. The number of esters is 1. The van der Waals surface area contributed by atoms with Crippen molar-refractivity contribution in [3.8, 4) is 0 Å². The Morgan fingerprint density at radius 3 is 2.41 bits per heavy atom. The highest BCUT2D eigenvalue weighted by Gasteiger charge is 2.34. The molecule has 22 heavy (non-hydrogen) atoms. The van der Waals surface area contributed by atoms with Crippen LogP contribution in [0, 0.1) is 0 Å². The quantitative estimate of drug-likeness (QED) is 0.813. The van der Waals surface area contributed by atoms with E-state index in [9.17, 15) is 4.79 Å². The van der Waals surface area contributed by atoms with Gasteiger partial charge in [0.1, 0.15) is 0 Å². The second-order valence-electron chi connectivity index (χ2n) is 5.09. The molecule has 2 aromatic rings. The second kappa shape index (κ2) is 6.43. The standard InChI is InChI=1S/C18H18N2O2/c1-2-22-18(21)17-16(14-9-5-3-6-10-14)13-20(19-17)15-11-7-4-8-12-15/h3-12,16H,2,13H2,1H3. The lowest BCUT2D eigenvalue weighted by atomic mass is 9.95. The van der Waals surface area contributed by atoms with Gasteiger partial charge in [0.25, 0.3) is 0 Å². The molecule has 1 aliphatic rings. The van der Waals surface area contributed by atoms with Crippen molar-refractivity contribution in [2.75, 3.05) is 18.2 Å². The molecule has 2 aromatic carbocycles. The van der Waals surface area contributed by atoms with Gasteiger partial charge in [0.2, 0.25) is 0 Å². The lowest BCUT2D eigenvalue weighted by Crippen LogP contribution is -2.24. The van der Waals surface area contributed by atoms with Gasteiger partial charge in [-0.25, -0.2) is 4.79 Å². The molecule has 0 saturated carbocycles. The Morgan fingerprint density at radius 1 is 1.14 bits per heavy atom. The van der Waals surface area contributed by atoms with Crippen molar-refractivity contribution in [2.24, 2.45) is 5.10 Å². The molecule has 1 heterocycles. The summed E-state index contributed by atoms with van der Waals surface area (Å²) in [5.41, 5.74) is 2.52. The summed E-state index contributed by atoms with van der Waals surface area (Å²) in [7, 11) is 0. The van der Waals surface area contributed by atoms with Crippen molar-refractivity contribution in [1.29, 1.82) is 0 Å². The molecule has 3 rings (SSSR count). The number of hydrogen-bond acceptors (Lipinski definition) is 4. The summed E-state index contributed by atoms with van der Waals surface area (Å²) in [6, 6.07) is 19.8. The summed E-state index contributed by atoms with van der Waals surface area (Å²) >= 11 is 0. The van der Waals surface area contributed by atoms with Crippen LogP contribution < -0.4 is 5.01 Å². The Kier molecular flexibility index (Phi) is 4.19. The van der Waals surface area contributed by atoms with E-state index in [4.69, 9.17) is 4.74 Å². The normalized spacial score (nSPS) is 17.2. The predicted octanol–water partition coefficient (Wildman–Crippen LogP) is 3.21. The molecule has 0 N–H and O–H groups in total. The summed E-state index contributed by atoms with van der Waals surface area (Å²) in [6.45, 7) is 2.80. The number of anilines is 1. The van der Waals surface area contributed by atoms with Gasteiger partial charge in [0.05, 0.1) is 24.8 Å². The molecule has 112 valence electrons. The number of carbonyl (C=O) groups is 1. The van der Waals surface area contributed by atoms with Gasteiger partial charge in [0.15, 0.2) is 5.71 Å². The molecule has 0 spiro atoms. The third-order valence-electron chi connectivity index (χ3n) is 3.65. The fourth-order valence-electron chi connectivity index (χ4n) is 2.60. The fourth-order valence-corrected chi connectivity index (χ4v) is 2.60. The van der Waals surface area contributed by atoms with E-state index in [1.54, 1.807) is 6.92 Å². The van der Waals surface area contributed by atoms with Crippen LogP contribution in [0.5, 0.6) is 0 Å². The number of carbonyl (C=O) groups excluding carboxylic acids is 1. The maximum atomic E-state index is 12.2. The Balaban J connectivity index is 1.93. The molecule has 0 aromatic heterocycles. The van der Waals surface area contributed by atoms with Gasteiger partial charge in [-0.15, -0.1) is 0 Å². The van der Waals surface area contributed by atoms with E-state index in [-0.39, 0.29) is 11.9 Å². The molecule has 0 amide bonds. The molecule has 0 radical (unpaired) electrons. The van der Waals surface area contributed by atoms with E-state index in [0.717, 1.165) is 11.3 Å². The van der Waals surface area contributed by atoms with E-state index in [1.807, 2.05) is 65.7 Å². The van der Waals surface area contributed by atoms with Gasteiger partial charge in [-0.3, -0.25) is 5.01 Å². The summed E-state index contributed by atoms with van der Waals surface area (Å²) in [5, 5.41) is 6.38. The SMILES string of the molecule is CCOC(=O)C1=NN(c2ccccc2)CC1c1ccccc1. The van der Waals surface area contributed by atoms with Crippen LogP contribution in [-0.2, 0) is 9.53 Å². The minimum Gasteiger partial charge on any atom is -0.461 e. The smallest absolute Gasteiger partial charge is 0.355 e. The lowest BCUT2D eigenvalue weighted by Gasteiger charge is -2.16. The Morgan fingerprint density at radius 2 is 1.77 bits per heavy atom. The van der Waals surface area contributed by atoms with Crippen LogP contribution in [-0.4, -0.2) is 24.8 Å². The summed E-state index contributed by atoms with van der Waals surface area (Å²) in [6.07, 6.45) is 0. The molecule has 1 unspecified atom stereocenters. The topological polar surface area (TPSA) is 41.9 Å². The highest BCUT2D eigenvalue weighted by atomic mass is 16.5. The average molecular weight is 294 g/mol. The second-order valence-corrected chi connectivity index (χ2v) is 5.09. The molecule has 0 fully saturated rings. The molecular weight excluding hydrogens is 276 g/mol. The molecule has 0 bridgehead atoms. The monoisotopic (exact) mass is 294 g/mol. The zero-order valence-electron chi connectivity index (χ0n) is 12.5. The first-order valence-corrected chi connectivity index (χ1v) is 7.42. The number of rotatable bonds is 4. The fraction of sp³-hybridized carbons (Fsp3) is 0.222. The molecule has 0 saturated heterocycles. The minimum absolute atomic E-state index is 0.0690. The number of ether oxygens (including phenoxy) is 1. The summed E-state index contributed by atoms with van der Waals surface area (Å²) in [5.74, 6) is -0.407. The van der Waals surface area contributed by atoms with Crippen LogP contribution in [0.4, 0.5) is 5.69 Å². The number of nitrogens with zero attached hydrogens (tertiary/aromatic N) is 2. The zero-order chi connectivity index (χ0) is 15.4. The van der Waals surface area contributed by atoms with E-state index < -0.39 is 0 Å². The maximum absolute atomic E-state index is 12.2. The van der Waals surface area contributed by atoms with Gasteiger partial charge in [0, 0.05) is 0 Å². The first-order chi connectivity index (χ1) is 10.8. The van der Waals surface area contributed by atoms with Crippen molar-refractivity contribution in [2.45, 2.75) is 12.8 Å². The minimum atomic E-state index is -0.338. The Hall–Kier alpha value is -2.62. The van der Waals surface area contributed by atoms with Crippen molar-refractivity contribution < 1.29 is 9.53 Å². The number of para-hydroxylation sites is 1. The van der Waals surface area contributed by atoms with Crippen LogP contribution in [0.15, 0.2) is 65.8 Å². The van der Waals surface area contributed by atoms with Crippen LogP contribution in [0.1, 0.15) is 18.4 Å².